The number of hydrogen-bond donors (Lipinski definition) is 1. The van der Waals surface area contributed by atoms with Gasteiger partial charge in [-0.1, -0.05) is 65.7 Å². The zero-order valence-corrected chi connectivity index (χ0v) is 17.4. The highest BCUT2D eigenvalue weighted by Crippen LogP contribution is 2.52. The Hall–Kier alpha value is -2.63. The molecule has 2 bridgehead atoms. The first-order valence-corrected chi connectivity index (χ1v) is 10.6. The van der Waals surface area contributed by atoms with Gasteiger partial charge in [-0.05, 0) is 30.2 Å². The SMILES string of the molecule is Cc1ccc(CN2CC34C=CC(O3)C(C(=O)NCc3ccc(Cl)cc3)C4C2=O)cc1. The van der Waals surface area contributed by atoms with E-state index >= 15 is 0 Å². The number of nitrogens with one attached hydrogen (secondary N) is 1. The van der Waals surface area contributed by atoms with Crippen LogP contribution in [0.3, 0.4) is 0 Å². The number of aryl methyl sites for hydroxylation is 1. The second kappa shape index (κ2) is 7.25. The van der Waals surface area contributed by atoms with Gasteiger partial charge in [0.2, 0.25) is 11.8 Å². The first-order chi connectivity index (χ1) is 14.4. The Bertz CT molecular complexity index is 1020. The van der Waals surface area contributed by atoms with Gasteiger partial charge in [0, 0.05) is 18.1 Å². The fourth-order valence-electron chi connectivity index (χ4n) is 4.83. The van der Waals surface area contributed by atoms with Gasteiger partial charge >= 0.3 is 0 Å². The number of hydrogen-bond acceptors (Lipinski definition) is 3. The fourth-order valence-corrected chi connectivity index (χ4v) is 4.96. The summed E-state index contributed by atoms with van der Waals surface area (Å²) in [6, 6.07) is 15.5. The van der Waals surface area contributed by atoms with Gasteiger partial charge in [0.05, 0.1) is 24.5 Å². The average molecular weight is 423 g/mol. The molecule has 2 aromatic carbocycles. The number of halogens is 1. The minimum absolute atomic E-state index is 0.00549. The van der Waals surface area contributed by atoms with Crippen molar-refractivity contribution in [3.63, 3.8) is 0 Å². The van der Waals surface area contributed by atoms with Crippen LogP contribution in [0, 0.1) is 18.8 Å². The lowest BCUT2D eigenvalue weighted by molar-refractivity contribution is -0.137. The smallest absolute Gasteiger partial charge is 0.230 e. The lowest BCUT2D eigenvalue weighted by Crippen LogP contribution is -2.43. The van der Waals surface area contributed by atoms with E-state index in [-0.39, 0.29) is 17.9 Å². The molecule has 3 aliphatic heterocycles. The van der Waals surface area contributed by atoms with Gasteiger partial charge in [0.1, 0.15) is 5.60 Å². The van der Waals surface area contributed by atoms with E-state index in [1.807, 2.05) is 60.4 Å². The van der Waals surface area contributed by atoms with E-state index < -0.39 is 17.4 Å². The van der Waals surface area contributed by atoms with Gasteiger partial charge in [-0.3, -0.25) is 9.59 Å². The van der Waals surface area contributed by atoms with Crippen molar-refractivity contribution in [1.29, 1.82) is 0 Å². The van der Waals surface area contributed by atoms with Crippen LogP contribution in [-0.4, -0.2) is 35.0 Å². The number of likely N-dealkylation sites (tertiary alicyclic amines) is 1. The summed E-state index contributed by atoms with van der Waals surface area (Å²) >= 11 is 5.92. The number of fused-ring (bicyclic) bond motifs is 1. The van der Waals surface area contributed by atoms with Crippen molar-refractivity contribution in [1.82, 2.24) is 10.2 Å². The number of amides is 2. The highest BCUT2D eigenvalue weighted by atomic mass is 35.5. The maximum atomic E-state index is 13.3. The topological polar surface area (TPSA) is 58.6 Å². The molecule has 5 rings (SSSR count). The van der Waals surface area contributed by atoms with Crippen molar-refractivity contribution in [2.24, 2.45) is 11.8 Å². The third kappa shape index (κ3) is 3.22. The lowest BCUT2D eigenvalue weighted by atomic mass is 9.77. The van der Waals surface area contributed by atoms with E-state index in [0.29, 0.717) is 24.7 Å². The molecule has 0 aliphatic carbocycles. The molecule has 4 unspecified atom stereocenters. The molecule has 2 amide bonds. The summed E-state index contributed by atoms with van der Waals surface area (Å²) in [5, 5.41) is 3.64. The summed E-state index contributed by atoms with van der Waals surface area (Å²) < 4.78 is 6.19. The third-order valence-electron chi connectivity index (χ3n) is 6.36. The average Bonchev–Trinajstić information content (AvgIpc) is 3.37. The zero-order valence-electron chi connectivity index (χ0n) is 16.7. The fraction of sp³-hybridized carbons (Fsp3) is 0.333. The number of carbonyl (C=O) groups excluding carboxylic acids is 2. The molecular weight excluding hydrogens is 400 g/mol. The normalized spacial score (nSPS) is 28.8. The summed E-state index contributed by atoms with van der Waals surface area (Å²) in [4.78, 5) is 28.1. The lowest BCUT2D eigenvalue weighted by Gasteiger charge is -2.23. The van der Waals surface area contributed by atoms with Gasteiger partial charge in [0.15, 0.2) is 0 Å². The predicted molar refractivity (Wildman–Crippen MR) is 114 cm³/mol. The van der Waals surface area contributed by atoms with Crippen LogP contribution in [0.2, 0.25) is 5.02 Å². The van der Waals surface area contributed by atoms with Gasteiger partial charge in [-0.25, -0.2) is 0 Å². The molecule has 3 aliphatic rings. The van der Waals surface area contributed by atoms with E-state index in [2.05, 4.69) is 5.32 Å². The summed E-state index contributed by atoms with van der Waals surface area (Å²) in [6.07, 6.45) is 3.58. The van der Waals surface area contributed by atoms with E-state index in [4.69, 9.17) is 16.3 Å². The van der Waals surface area contributed by atoms with Gasteiger partial charge in [-0.15, -0.1) is 0 Å². The molecule has 6 heteroatoms. The molecule has 3 heterocycles. The quantitative estimate of drug-likeness (QED) is 0.752. The summed E-state index contributed by atoms with van der Waals surface area (Å²) in [5.41, 5.74) is 2.53. The van der Waals surface area contributed by atoms with Gasteiger partial charge in [-0.2, -0.15) is 0 Å². The maximum absolute atomic E-state index is 13.3. The Labute approximate surface area is 180 Å². The molecule has 2 saturated heterocycles. The van der Waals surface area contributed by atoms with Crippen molar-refractivity contribution < 1.29 is 14.3 Å². The first-order valence-electron chi connectivity index (χ1n) is 10.2. The minimum Gasteiger partial charge on any atom is -0.360 e. The minimum atomic E-state index is -0.686. The molecule has 1 N–H and O–H groups in total. The predicted octanol–water partition coefficient (Wildman–Crippen LogP) is 3.25. The highest BCUT2D eigenvalue weighted by molar-refractivity contribution is 6.30. The number of rotatable bonds is 5. The Morgan fingerprint density at radius 1 is 1.17 bits per heavy atom. The summed E-state index contributed by atoms with van der Waals surface area (Å²) in [7, 11) is 0. The van der Waals surface area contributed by atoms with Crippen molar-refractivity contribution in [3.05, 3.63) is 82.4 Å². The number of benzene rings is 2. The van der Waals surface area contributed by atoms with Crippen molar-refractivity contribution in [2.75, 3.05) is 6.54 Å². The monoisotopic (exact) mass is 422 g/mol. The van der Waals surface area contributed by atoms with Crippen LogP contribution in [0.15, 0.2) is 60.7 Å². The molecular formula is C24H23ClN2O3. The number of carbonyl (C=O) groups is 2. The number of ether oxygens (including phenoxy) is 1. The largest absolute Gasteiger partial charge is 0.360 e. The Balaban J connectivity index is 1.31. The molecule has 5 nitrogen and oxygen atoms in total. The third-order valence-corrected chi connectivity index (χ3v) is 6.61. The molecule has 0 saturated carbocycles. The highest BCUT2D eigenvalue weighted by Gasteiger charge is 2.66. The maximum Gasteiger partial charge on any atom is 0.230 e. The molecule has 1 spiro atoms. The zero-order chi connectivity index (χ0) is 20.9. The summed E-state index contributed by atoms with van der Waals surface area (Å²) in [6.45, 7) is 3.44. The molecule has 2 fully saturated rings. The molecule has 2 aromatic rings. The second-order valence-corrected chi connectivity index (χ2v) is 8.86. The van der Waals surface area contributed by atoms with Gasteiger partial charge < -0.3 is 15.0 Å². The van der Waals surface area contributed by atoms with E-state index in [1.165, 1.54) is 5.56 Å². The van der Waals surface area contributed by atoms with Crippen molar-refractivity contribution in [2.45, 2.75) is 31.7 Å². The molecule has 154 valence electrons. The first kappa shape index (κ1) is 19.3. The van der Waals surface area contributed by atoms with Crippen molar-refractivity contribution >= 4 is 23.4 Å². The van der Waals surface area contributed by atoms with E-state index in [0.717, 1.165) is 11.1 Å². The summed E-state index contributed by atoms with van der Waals surface area (Å²) in [5.74, 6) is -1.12. The van der Waals surface area contributed by atoms with Crippen LogP contribution in [0.5, 0.6) is 0 Å². The Morgan fingerprint density at radius 3 is 2.60 bits per heavy atom. The van der Waals surface area contributed by atoms with Crippen LogP contribution in [-0.2, 0) is 27.4 Å². The Kier molecular flexibility index (Phi) is 4.68. The van der Waals surface area contributed by atoms with Crippen LogP contribution in [0.4, 0.5) is 0 Å². The second-order valence-electron chi connectivity index (χ2n) is 8.42. The van der Waals surface area contributed by atoms with Crippen molar-refractivity contribution in [3.8, 4) is 0 Å². The number of nitrogens with zero attached hydrogens (tertiary/aromatic N) is 1. The molecule has 0 aromatic heterocycles. The van der Waals surface area contributed by atoms with Crippen LogP contribution >= 0.6 is 11.6 Å². The van der Waals surface area contributed by atoms with Crippen LogP contribution < -0.4 is 5.32 Å². The molecule has 30 heavy (non-hydrogen) atoms. The van der Waals surface area contributed by atoms with E-state index in [9.17, 15) is 9.59 Å². The van der Waals surface area contributed by atoms with E-state index in [1.54, 1.807) is 12.1 Å². The molecule has 4 atom stereocenters. The van der Waals surface area contributed by atoms with Crippen LogP contribution in [0.25, 0.3) is 0 Å². The standard InChI is InChI=1S/C24H23ClN2O3/c1-15-2-4-17(5-3-15)13-27-14-24-11-10-19(30-24)20(21(24)23(27)29)22(28)26-12-16-6-8-18(25)9-7-16/h2-11,19-21H,12-14H2,1H3,(H,26,28). The molecule has 0 radical (unpaired) electrons. The van der Waals surface area contributed by atoms with Gasteiger partial charge in [0.25, 0.3) is 0 Å². The van der Waals surface area contributed by atoms with Crippen LogP contribution in [0.1, 0.15) is 16.7 Å². The Morgan fingerprint density at radius 2 is 1.87 bits per heavy atom.